The Morgan fingerprint density at radius 3 is 2.50 bits per heavy atom. The van der Waals surface area contributed by atoms with Gasteiger partial charge in [0.1, 0.15) is 5.69 Å². The summed E-state index contributed by atoms with van der Waals surface area (Å²) in [5.74, 6) is -0.201. The van der Waals surface area contributed by atoms with Crippen LogP contribution >= 0.6 is 11.3 Å². The molecule has 0 atom stereocenters. The lowest BCUT2D eigenvalue weighted by Crippen LogP contribution is -2.16. The lowest BCUT2D eigenvalue weighted by Gasteiger charge is -2.09. The fraction of sp³-hybridized carbons (Fsp3) is 0.136. The summed E-state index contributed by atoms with van der Waals surface area (Å²) in [6, 6.07) is 17.6. The maximum absolute atomic E-state index is 12.9. The van der Waals surface area contributed by atoms with Crippen LogP contribution in [-0.2, 0) is 7.05 Å². The molecular weight excluding hydrogens is 368 g/mol. The van der Waals surface area contributed by atoms with E-state index in [2.05, 4.69) is 15.4 Å². The van der Waals surface area contributed by atoms with E-state index in [1.165, 1.54) is 5.56 Å². The van der Waals surface area contributed by atoms with Gasteiger partial charge in [0.05, 0.1) is 22.1 Å². The molecule has 2 aromatic heterocycles. The first-order chi connectivity index (χ1) is 13.5. The third-order valence-corrected chi connectivity index (χ3v) is 5.30. The summed E-state index contributed by atoms with van der Waals surface area (Å²) in [7, 11) is 1.78. The molecule has 140 valence electrons. The van der Waals surface area contributed by atoms with Crippen molar-refractivity contribution >= 4 is 22.9 Å². The molecule has 0 aliphatic rings. The number of nitrogens with one attached hydrogen (secondary N) is 1. The maximum atomic E-state index is 12.9. The maximum Gasteiger partial charge on any atom is 0.273 e. The number of anilines is 1. The molecule has 0 radical (unpaired) electrons. The first kappa shape index (κ1) is 18.1. The van der Waals surface area contributed by atoms with Crippen LogP contribution in [0.4, 0.5) is 5.69 Å². The van der Waals surface area contributed by atoms with Crippen LogP contribution in [0.1, 0.15) is 21.1 Å². The summed E-state index contributed by atoms with van der Waals surface area (Å²) in [6.45, 7) is 4.01. The van der Waals surface area contributed by atoms with Crippen molar-refractivity contribution in [1.82, 2.24) is 14.8 Å². The van der Waals surface area contributed by atoms with Crippen LogP contribution in [0.25, 0.3) is 22.5 Å². The number of aromatic nitrogens is 3. The van der Waals surface area contributed by atoms with Gasteiger partial charge < -0.3 is 5.32 Å². The number of para-hydroxylation sites is 1. The highest BCUT2D eigenvalue weighted by molar-refractivity contribution is 7.09. The van der Waals surface area contributed by atoms with Crippen LogP contribution in [0.15, 0.2) is 60.0 Å². The van der Waals surface area contributed by atoms with Gasteiger partial charge in [-0.15, -0.1) is 11.3 Å². The number of thiazole rings is 1. The highest BCUT2D eigenvalue weighted by atomic mass is 32.1. The van der Waals surface area contributed by atoms with Crippen LogP contribution in [0, 0.1) is 13.8 Å². The average Bonchev–Trinajstić information content (AvgIpc) is 3.28. The molecule has 0 aliphatic carbocycles. The molecule has 0 unspecified atom stereocenters. The Morgan fingerprint density at radius 2 is 1.79 bits per heavy atom. The summed E-state index contributed by atoms with van der Waals surface area (Å²) >= 11 is 1.59. The van der Waals surface area contributed by atoms with Gasteiger partial charge in [-0.05, 0) is 26.0 Å². The van der Waals surface area contributed by atoms with E-state index >= 15 is 0 Å². The molecule has 0 aliphatic heterocycles. The van der Waals surface area contributed by atoms with E-state index in [0.717, 1.165) is 33.2 Å². The number of rotatable bonds is 4. The predicted molar refractivity (Wildman–Crippen MR) is 114 cm³/mol. The van der Waals surface area contributed by atoms with Crippen molar-refractivity contribution in [1.29, 1.82) is 0 Å². The number of aryl methyl sites for hydroxylation is 3. The van der Waals surface area contributed by atoms with Crippen molar-refractivity contribution in [2.45, 2.75) is 13.8 Å². The van der Waals surface area contributed by atoms with Gasteiger partial charge in [-0.25, -0.2) is 4.98 Å². The molecule has 4 aromatic rings. The number of nitrogens with zero attached hydrogens (tertiary/aromatic N) is 3. The Hall–Kier alpha value is -3.25. The molecule has 0 saturated heterocycles. The lowest BCUT2D eigenvalue weighted by molar-refractivity contribution is 0.101. The fourth-order valence-electron chi connectivity index (χ4n) is 3.03. The predicted octanol–water partition coefficient (Wildman–Crippen LogP) is 5.08. The molecular formula is C22H20N4OS. The largest absolute Gasteiger partial charge is 0.320 e. The Labute approximate surface area is 167 Å². The van der Waals surface area contributed by atoms with Gasteiger partial charge in [-0.3, -0.25) is 9.48 Å². The molecule has 0 fully saturated rings. The van der Waals surface area contributed by atoms with E-state index < -0.39 is 0 Å². The van der Waals surface area contributed by atoms with Crippen LogP contribution in [0.5, 0.6) is 0 Å². The van der Waals surface area contributed by atoms with E-state index in [-0.39, 0.29) is 5.91 Å². The number of hydrogen-bond donors (Lipinski definition) is 1. The minimum atomic E-state index is -0.201. The molecule has 0 saturated carbocycles. The van der Waals surface area contributed by atoms with E-state index in [9.17, 15) is 4.79 Å². The summed E-state index contributed by atoms with van der Waals surface area (Å²) < 4.78 is 1.61. The summed E-state index contributed by atoms with van der Waals surface area (Å²) in [6.07, 6.45) is 0. The second kappa shape index (κ2) is 7.40. The lowest BCUT2D eigenvalue weighted by atomic mass is 10.1. The third kappa shape index (κ3) is 3.59. The van der Waals surface area contributed by atoms with Crippen molar-refractivity contribution in [3.63, 3.8) is 0 Å². The molecule has 1 amide bonds. The smallest absolute Gasteiger partial charge is 0.273 e. The van der Waals surface area contributed by atoms with Crippen molar-refractivity contribution in [2.75, 3.05) is 5.32 Å². The average molecular weight is 388 g/mol. The molecule has 5 nitrogen and oxygen atoms in total. The van der Waals surface area contributed by atoms with Gasteiger partial charge in [0, 0.05) is 23.6 Å². The molecule has 1 N–H and O–H groups in total. The first-order valence-electron chi connectivity index (χ1n) is 8.95. The van der Waals surface area contributed by atoms with Crippen LogP contribution in [0.2, 0.25) is 0 Å². The van der Waals surface area contributed by atoms with Crippen LogP contribution in [0.3, 0.4) is 0 Å². The third-order valence-electron chi connectivity index (χ3n) is 4.53. The number of carbonyl (C=O) groups excluding carboxylic acids is 1. The second-order valence-corrected chi connectivity index (χ2v) is 7.72. The molecule has 2 heterocycles. The molecule has 4 rings (SSSR count). The van der Waals surface area contributed by atoms with Gasteiger partial charge in [0.2, 0.25) is 0 Å². The van der Waals surface area contributed by atoms with Crippen molar-refractivity contribution in [3.05, 3.63) is 76.2 Å². The Balaban J connectivity index is 1.62. The molecule has 6 heteroatoms. The van der Waals surface area contributed by atoms with Gasteiger partial charge in [0.15, 0.2) is 0 Å². The molecule has 28 heavy (non-hydrogen) atoms. The molecule has 2 aromatic carbocycles. The standard InChI is InChI=1S/C22H20N4OS/c1-14-8-10-16(11-9-14)19-12-21(26(3)25-19)22(27)24-18-7-5-4-6-17(18)20-13-28-15(2)23-20/h4-13H,1-3H3,(H,24,27). The summed E-state index contributed by atoms with van der Waals surface area (Å²) in [5.41, 5.74) is 5.95. The zero-order valence-corrected chi connectivity index (χ0v) is 16.7. The van der Waals surface area contributed by atoms with Gasteiger partial charge in [0.25, 0.3) is 5.91 Å². The normalized spacial score (nSPS) is 10.8. The van der Waals surface area contributed by atoms with Crippen molar-refractivity contribution in [3.8, 4) is 22.5 Å². The van der Waals surface area contributed by atoms with Crippen LogP contribution < -0.4 is 5.32 Å². The van der Waals surface area contributed by atoms with Gasteiger partial charge in [-0.2, -0.15) is 5.10 Å². The highest BCUT2D eigenvalue weighted by Gasteiger charge is 2.17. The van der Waals surface area contributed by atoms with Crippen LogP contribution in [-0.4, -0.2) is 20.7 Å². The summed E-state index contributed by atoms with van der Waals surface area (Å²) in [5, 5.41) is 10.5. The quantitative estimate of drug-likeness (QED) is 0.530. The van der Waals surface area contributed by atoms with Gasteiger partial charge in [-0.1, -0.05) is 48.0 Å². The Morgan fingerprint density at radius 1 is 1.04 bits per heavy atom. The van der Waals surface area contributed by atoms with E-state index in [1.54, 1.807) is 23.1 Å². The number of carbonyl (C=O) groups is 1. The monoisotopic (exact) mass is 388 g/mol. The van der Waals surface area contributed by atoms with E-state index in [1.807, 2.05) is 73.8 Å². The minimum absolute atomic E-state index is 0.201. The highest BCUT2D eigenvalue weighted by Crippen LogP contribution is 2.29. The van der Waals surface area contributed by atoms with Crippen molar-refractivity contribution < 1.29 is 4.79 Å². The Kier molecular flexibility index (Phi) is 4.79. The number of amides is 1. The first-order valence-corrected chi connectivity index (χ1v) is 9.83. The zero-order chi connectivity index (χ0) is 19.7. The fourth-order valence-corrected chi connectivity index (χ4v) is 3.65. The zero-order valence-electron chi connectivity index (χ0n) is 15.9. The van der Waals surface area contributed by atoms with Crippen molar-refractivity contribution in [2.24, 2.45) is 7.05 Å². The Bertz CT molecular complexity index is 1140. The molecule has 0 spiro atoms. The van der Waals surface area contributed by atoms with E-state index in [4.69, 9.17) is 0 Å². The molecule has 0 bridgehead atoms. The number of benzene rings is 2. The summed E-state index contributed by atoms with van der Waals surface area (Å²) in [4.78, 5) is 17.5. The van der Waals surface area contributed by atoms with E-state index in [0.29, 0.717) is 5.69 Å². The topological polar surface area (TPSA) is 59.8 Å². The SMILES string of the molecule is Cc1ccc(-c2cc(C(=O)Nc3ccccc3-c3csc(C)n3)n(C)n2)cc1. The van der Waals surface area contributed by atoms with Gasteiger partial charge >= 0.3 is 0 Å². The second-order valence-electron chi connectivity index (χ2n) is 6.66. The minimum Gasteiger partial charge on any atom is -0.320 e. The number of hydrogen-bond acceptors (Lipinski definition) is 4.